The van der Waals surface area contributed by atoms with Crippen LogP contribution < -0.4 is 10.2 Å². The predicted molar refractivity (Wildman–Crippen MR) is 88.7 cm³/mol. The van der Waals surface area contributed by atoms with Crippen molar-refractivity contribution in [2.24, 2.45) is 0 Å². The Kier molecular flexibility index (Phi) is 3.47. The maximum Gasteiger partial charge on any atom is 0.341 e. The molecule has 0 fully saturated rings. The van der Waals surface area contributed by atoms with Crippen LogP contribution in [0.4, 0.5) is 5.00 Å². The summed E-state index contributed by atoms with van der Waals surface area (Å²) in [5.74, 6) is -1.31. The zero-order valence-corrected chi connectivity index (χ0v) is 13.7. The Morgan fingerprint density at radius 2 is 1.88 bits per heavy atom. The topological polar surface area (TPSA) is 75.7 Å². The van der Waals surface area contributed by atoms with Gasteiger partial charge in [-0.05, 0) is 30.7 Å². The van der Waals surface area contributed by atoms with Crippen molar-refractivity contribution < 1.29 is 19.1 Å². The Bertz CT molecular complexity index is 852. The van der Waals surface area contributed by atoms with Crippen LogP contribution in [0.3, 0.4) is 0 Å². The smallest absolute Gasteiger partial charge is 0.341 e. The summed E-state index contributed by atoms with van der Waals surface area (Å²) in [4.78, 5) is 39.9. The Hall–Kier alpha value is -2.51. The number of thiophene rings is 1. The molecule has 0 atom stereocenters. The molecule has 0 saturated carbocycles. The summed E-state index contributed by atoms with van der Waals surface area (Å²) < 4.78 is 4.91. The minimum Gasteiger partial charge on any atom is -0.465 e. The van der Waals surface area contributed by atoms with Gasteiger partial charge in [-0.15, -0.1) is 11.3 Å². The van der Waals surface area contributed by atoms with Gasteiger partial charge >= 0.3 is 5.97 Å². The zero-order valence-electron chi connectivity index (χ0n) is 12.9. The number of benzene rings is 1. The standard InChI is InChI=1S/C17H14N2O4S/c1-23-17(22)13-11-6-7-18-8-12(11)24-16(13)19-14(20)9-4-2-3-5-10(9)15(19)21/h2-5,18H,6-8H2,1H3. The minimum absolute atomic E-state index is 0.341. The first kappa shape index (κ1) is 15.0. The number of nitrogens with zero attached hydrogens (tertiary/aromatic N) is 1. The number of methoxy groups -OCH3 is 1. The lowest BCUT2D eigenvalue weighted by atomic mass is 10.0. The summed E-state index contributed by atoms with van der Waals surface area (Å²) in [5, 5.41) is 3.60. The normalized spacial score (nSPS) is 16.1. The second kappa shape index (κ2) is 5.54. The van der Waals surface area contributed by atoms with Gasteiger partial charge in [0.2, 0.25) is 0 Å². The van der Waals surface area contributed by atoms with Crippen molar-refractivity contribution in [1.82, 2.24) is 5.32 Å². The van der Waals surface area contributed by atoms with Crippen LogP contribution in [-0.2, 0) is 17.7 Å². The van der Waals surface area contributed by atoms with Crippen molar-refractivity contribution in [2.45, 2.75) is 13.0 Å². The van der Waals surface area contributed by atoms with Gasteiger partial charge in [0.15, 0.2) is 0 Å². The highest BCUT2D eigenvalue weighted by Gasteiger charge is 2.41. The summed E-state index contributed by atoms with van der Waals surface area (Å²) >= 11 is 1.30. The van der Waals surface area contributed by atoms with Crippen molar-refractivity contribution in [3.8, 4) is 0 Å². The van der Waals surface area contributed by atoms with Gasteiger partial charge in [0.05, 0.1) is 23.8 Å². The average molecular weight is 342 g/mol. The average Bonchev–Trinajstić information content (AvgIpc) is 3.10. The summed E-state index contributed by atoms with van der Waals surface area (Å²) in [7, 11) is 1.31. The summed E-state index contributed by atoms with van der Waals surface area (Å²) in [6, 6.07) is 6.70. The lowest BCUT2D eigenvalue weighted by Crippen LogP contribution is -2.30. The largest absolute Gasteiger partial charge is 0.465 e. The monoisotopic (exact) mass is 342 g/mol. The number of nitrogens with one attached hydrogen (secondary N) is 1. The van der Waals surface area contributed by atoms with E-state index >= 15 is 0 Å². The maximum atomic E-state index is 12.7. The lowest BCUT2D eigenvalue weighted by molar-refractivity contribution is 0.0601. The van der Waals surface area contributed by atoms with E-state index in [2.05, 4.69) is 5.32 Å². The molecule has 3 heterocycles. The molecule has 1 aromatic heterocycles. The number of hydrogen-bond acceptors (Lipinski definition) is 6. The Balaban J connectivity index is 1.89. The molecular weight excluding hydrogens is 328 g/mol. The molecule has 122 valence electrons. The Labute approximate surface area is 142 Å². The highest BCUT2D eigenvalue weighted by Crippen LogP contribution is 2.41. The third-order valence-electron chi connectivity index (χ3n) is 4.30. The number of ether oxygens (including phenoxy) is 1. The van der Waals surface area contributed by atoms with E-state index < -0.39 is 17.8 Å². The fourth-order valence-electron chi connectivity index (χ4n) is 3.16. The van der Waals surface area contributed by atoms with Crippen LogP contribution in [0.15, 0.2) is 24.3 Å². The van der Waals surface area contributed by atoms with Crippen LogP contribution in [0.25, 0.3) is 0 Å². The molecule has 0 radical (unpaired) electrons. The molecule has 2 aliphatic rings. The summed E-state index contributed by atoms with van der Waals surface area (Å²) in [6.07, 6.45) is 0.666. The van der Waals surface area contributed by atoms with Crippen LogP contribution >= 0.6 is 11.3 Å². The molecule has 0 saturated heterocycles. The molecule has 6 nitrogen and oxygen atoms in total. The molecule has 0 unspecified atom stereocenters. The molecule has 1 N–H and O–H groups in total. The van der Waals surface area contributed by atoms with Gasteiger partial charge < -0.3 is 10.1 Å². The molecule has 0 bridgehead atoms. The minimum atomic E-state index is -0.513. The quantitative estimate of drug-likeness (QED) is 0.667. The van der Waals surface area contributed by atoms with Crippen molar-refractivity contribution in [1.29, 1.82) is 0 Å². The molecule has 2 aliphatic heterocycles. The van der Waals surface area contributed by atoms with Crippen LogP contribution in [0.1, 0.15) is 41.5 Å². The fourth-order valence-corrected chi connectivity index (χ4v) is 4.46. The van der Waals surface area contributed by atoms with Crippen LogP contribution in [0.2, 0.25) is 0 Å². The Morgan fingerprint density at radius 1 is 1.21 bits per heavy atom. The number of amides is 2. The highest BCUT2D eigenvalue weighted by atomic mass is 32.1. The van der Waals surface area contributed by atoms with Gasteiger partial charge in [0.1, 0.15) is 5.00 Å². The molecule has 4 rings (SSSR count). The second-order valence-corrected chi connectivity index (χ2v) is 6.68. The van der Waals surface area contributed by atoms with E-state index in [1.165, 1.54) is 18.4 Å². The van der Waals surface area contributed by atoms with Crippen LogP contribution in [0.5, 0.6) is 0 Å². The third-order valence-corrected chi connectivity index (χ3v) is 5.51. The van der Waals surface area contributed by atoms with E-state index in [9.17, 15) is 14.4 Å². The van der Waals surface area contributed by atoms with E-state index in [1.54, 1.807) is 24.3 Å². The van der Waals surface area contributed by atoms with Gasteiger partial charge in [-0.1, -0.05) is 12.1 Å². The molecule has 0 spiro atoms. The molecular formula is C17H14N2O4S. The number of rotatable bonds is 2. The summed E-state index contributed by atoms with van der Waals surface area (Å²) in [6.45, 7) is 1.36. The van der Waals surface area contributed by atoms with Gasteiger partial charge in [-0.3, -0.25) is 9.59 Å². The number of fused-ring (bicyclic) bond motifs is 2. The third kappa shape index (κ3) is 2.02. The number of carbonyl (C=O) groups excluding carboxylic acids is 3. The van der Waals surface area contributed by atoms with Gasteiger partial charge in [0, 0.05) is 11.4 Å². The van der Waals surface area contributed by atoms with E-state index in [-0.39, 0.29) is 0 Å². The molecule has 2 amide bonds. The maximum absolute atomic E-state index is 12.7. The molecule has 1 aromatic carbocycles. The molecule has 2 aromatic rings. The first-order valence-corrected chi connectivity index (χ1v) is 8.36. The van der Waals surface area contributed by atoms with Crippen molar-refractivity contribution in [3.05, 3.63) is 51.4 Å². The zero-order chi connectivity index (χ0) is 16.8. The van der Waals surface area contributed by atoms with Crippen molar-refractivity contribution >= 4 is 34.1 Å². The molecule has 24 heavy (non-hydrogen) atoms. The van der Waals surface area contributed by atoms with E-state index in [1.807, 2.05) is 0 Å². The molecule has 7 heteroatoms. The van der Waals surface area contributed by atoms with Crippen molar-refractivity contribution in [3.63, 3.8) is 0 Å². The van der Waals surface area contributed by atoms with Gasteiger partial charge in [0.25, 0.3) is 11.8 Å². The van der Waals surface area contributed by atoms with Gasteiger partial charge in [-0.2, -0.15) is 0 Å². The van der Waals surface area contributed by atoms with Crippen LogP contribution in [-0.4, -0.2) is 31.4 Å². The first-order chi connectivity index (χ1) is 11.6. The van der Waals surface area contributed by atoms with Crippen molar-refractivity contribution in [2.75, 3.05) is 18.6 Å². The lowest BCUT2D eigenvalue weighted by Gasteiger charge is -2.15. The summed E-state index contributed by atoms with van der Waals surface area (Å²) in [5.41, 5.74) is 1.94. The predicted octanol–water partition coefficient (Wildman–Crippen LogP) is 1.98. The SMILES string of the molecule is COC(=O)c1c(N2C(=O)c3ccccc3C2=O)sc2c1CCNC2. The van der Waals surface area contributed by atoms with E-state index in [0.717, 1.165) is 21.9 Å². The number of carbonyl (C=O) groups is 3. The fraction of sp³-hybridized carbons (Fsp3) is 0.235. The number of hydrogen-bond donors (Lipinski definition) is 1. The molecule has 0 aliphatic carbocycles. The van der Waals surface area contributed by atoms with Gasteiger partial charge in [-0.25, -0.2) is 9.69 Å². The first-order valence-electron chi connectivity index (χ1n) is 7.55. The number of esters is 1. The highest BCUT2D eigenvalue weighted by molar-refractivity contribution is 7.17. The van der Waals surface area contributed by atoms with Crippen LogP contribution in [0, 0.1) is 0 Å². The number of anilines is 1. The Morgan fingerprint density at radius 3 is 2.50 bits per heavy atom. The number of imide groups is 1. The second-order valence-electron chi connectivity index (χ2n) is 5.59. The van der Waals surface area contributed by atoms with E-state index in [0.29, 0.717) is 34.7 Å². The van der Waals surface area contributed by atoms with E-state index in [4.69, 9.17) is 4.74 Å².